The van der Waals surface area contributed by atoms with Crippen LogP contribution in [-0.2, 0) is 0 Å². The topological polar surface area (TPSA) is 45.2 Å². The van der Waals surface area contributed by atoms with E-state index in [1.807, 2.05) is 19.1 Å². The number of aryl methyl sites for hydroxylation is 1. The van der Waals surface area contributed by atoms with Gasteiger partial charge in [-0.05, 0) is 37.8 Å². The van der Waals surface area contributed by atoms with E-state index < -0.39 is 0 Å². The van der Waals surface area contributed by atoms with Crippen LogP contribution in [0.3, 0.4) is 0 Å². The smallest absolute Gasteiger partial charge is 0.128 e. The molecule has 14 heavy (non-hydrogen) atoms. The Morgan fingerprint density at radius 2 is 2.21 bits per heavy atom. The first-order chi connectivity index (χ1) is 6.84. The summed E-state index contributed by atoms with van der Waals surface area (Å²) in [5, 5.41) is 11.9. The first-order valence-corrected chi connectivity index (χ1v) is 5.11. The van der Waals surface area contributed by atoms with Crippen molar-refractivity contribution in [1.82, 2.24) is 4.98 Å². The van der Waals surface area contributed by atoms with E-state index in [0.717, 1.165) is 31.6 Å². The van der Waals surface area contributed by atoms with E-state index in [1.54, 1.807) is 6.20 Å². The number of nitrogens with one attached hydrogen (secondary N) is 1. The Bertz CT molecular complexity index is 263. The number of nitrogens with zero attached hydrogens (tertiary/aromatic N) is 1. The minimum atomic E-state index is 0.294. The van der Waals surface area contributed by atoms with Gasteiger partial charge >= 0.3 is 0 Å². The van der Waals surface area contributed by atoms with Crippen LogP contribution in [0.4, 0.5) is 5.82 Å². The maximum Gasteiger partial charge on any atom is 0.128 e. The summed E-state index contributed by atoms with van der Waals surface area (Å²) < 4.78 is 0. The second-order valence-electron chi connectivity index (χ2n) is 3.38. The lowest BCUT2D eigenvalue weighted by Gasteiger charge is -2.07. The average molecular weight is 194 g/mol. The lowest BCUT2D eigenvalue weighted by atomic mass is 10.2. The molecule has 0 atom stereocenters. The largest absolute Gasteiger partial charge is 0.396 e. The molecule has 0 amide bonds. The standard InChI is InChI=1S/C11H18N2O/c1-10-6-5-8-13-11(10)12-7-3-2-4-9-14/h5-6,8,14H,2-4,7,9H2,1H3,(H,12,13). The molecule has 3 heteroatoms. The predicted molar refractivity (Wildman–Crippen MR) is 58.4 cm³/mol. The number of unbranched alkanes of at least 4 members (excludes halogenated alkanes) is 2. The predicted octanol–water partition coefficient (Wildman–Crippen LogP) is 1.96. The van der Waals surface area contributed by atoms with Gasteiger partial charge < -0.3 is 10.4 Å². The van der Waals surface area contributed by atoms with Crippen molar-refractivity contribution < 1.29 is 5.11 Å². The van der Waals surface area contributed by atoms with Crippen molar-refractivity contribution in [2.75, 3.05) is 18.5 Å². The number of hydrogen-bond donors (Lipinski definition) is 2. The molecule has 0 aliphatic rings. The van der Waals surface area contributed by atoms with Gasteiger partial charge in [0.2, 0.25) is 0 Å². The number of rotatable bonds is 6. The Morgan fingerprint density at radius 1 is 1.36 bits per heavy atom. The van der Waals surface area contributed by atoms with Gasteiger partial charge in [0.15, 0.2) is 0 Å². The van der Waals surface area contributed by atoms with Crippen molar-refractivity contribution in [2.45, 2.75) is 26.2 Å². The summed E-state index contributed by atoms with van der Waals surface area (Å²) in [5.74, 6) is 0.969. The molecule has 0 bridgehead atoms. The maximum absolute atomic E-state index is 8.59. The molecular weight excluding hydrogens is 176 g/mol. The minimum Gasteiger partial charge on any atom is -0.396 e. The molecule has 0 saturated carbocycles. The summed E-state index contributed by atoms with van der Waals surface area (Å²) >= 11 is 0. The Balaban J connectivity index is 2.21. The van der Waals surface area contributed by atoms with Crippen LogP contribution < -0.4 is 5.32 Å². The van der Waals surface area contributed by atoms with Crippen LogP contribution in [0.5, 0.6) is 0 Å². The second-order valence-corrected chi connectivity index (χ2v) is 3.38. The number of anilines is 1. The van der Waals surface area contributed by atoms with Crippen LogP contribution in [0.25, 0.3) is 0 Å². The molecule has 0 aliphatic carbocycles. The van der Waals surface area contributed by atoms with Crippen molar-refractivity contribution in [3.8, 4) is 0 Å². The SMILES string of the molecule is Cc1cccnc1NCCCCCO. The first kappa shape index (κ1) is 11.0. The quantitative estimate of drug-likeness (QED) is 0.680. The third-order valence-electron chi connectivity index (χ3n) is 2.14. The summed E-state index contributed by atoms with van der Waals surface area (Å²) in [4.78, 5) is 4.24. The highest BCUT2D eigenvalue weighted by molar-refractivity contribution is 5.42. The molecule has 0 fully saturated rings. The molecule has 0 radical (unpaired) electrons. The molecule has 3 nitrogen and oxygen atoms in total. The third-order valence-corrected chi connectivity index (χ3v) is 2.14. The van der Waals surface area contributed by atoms with E-state index in [-0.39, 0.29) is 0 Å². The molecule has 0 aliphatic heterocycles. The molecule has 78 valence electrons. The van der Waals surface area contributed by atoms with Crippen molar-refractivity contribution in [3.05, 3.63) is 23.9 Å². The Hall–Kier alpha value is -1.09. The van der Waals surface area contributed by atoms with Gasteiger partial charge in [0, 0.05) is 19.3 Å². The summed E-state index contributed by atoms with van der Waals surface area (Å²) in [6, 6.07) is 3.98. The van der Waals surface area contributed by atoms with Gasteiger partial charge in [0.25, 0.3) is 0 Å². The van der Waals surface area contributed by atoms with Crippen molar-refractivity contribution in [1.29, 1.82) is 0 Å². The second kappa shape index (κ2) is 6.38. The van der Waals surface area contributed by atoms with Crippen molar-refractivity contribution in [2.24, 2.45) is 0 Å². The molecule has 2 N–H and O–H groups in total. The third kappa shape index (κ3) is 3.75. The summed E-state index contributed by atoms with van der Waals surface area (Å²) in [6.07, 6.45) is 4.83. The van der Waals surface area contributed by atoms with Gasteiger partial charge in [-0.3, -0.25) is 0 Å². The lowest BCUT2D eigenvalue weighted by molar-refractivity contribution is 0.283. The summed E-state index contributed by atoms with van der Waals surface area (Å²) in [6.45, 7) is 3.27. The van der Waals surface area contributed by atoms with Gasteiger partial charge in [-0.15, -0.1) is 0 Å². The van der Waals surface area contributed by atoms with Crippen LogP contribution in [0, 0.1) is 6.92 Å². The molecule has 0 unspecified atom stereocenters. The molecular formula is C11H18N2O. The van der Waals surface area contributed by atoms with E-state index in [4.69, 9.17) is 5.11 Å². The van der Waals surface area contributed by atoms with Crippen LogP contribution in [-0.4, -0.2) is 23.2 Å². The highest BCUT2D eigenvalue weighted by Crippen LogP contribution is 2.09. The lowest BCUT2D eigenvalue weighted by Crippen LogP contribution is -2.04. The Labute approximate surface area is 85.2 Å². The van der Waals surface area contributed by atoms with Crippen LogP contribution in [0.1, 0.15) is 24.8 Å². The van der Waals surface area contributed by atoms with Crippen LogP contribution in [0.2, 0.25) is 0 Å². The number of aliphatic hydroxyl groups is 1. The molecule has 1 aromatic rings. The van der Waals surface area contributed by atoms with E-state index in [9.17, 15) is 0 Å². The van der Waals surface area contributed by atoms with E-state index >= 15 is 0 Å². The molecule has 0 aromatic carbocycles. The zero-order chi connectivity index (χ0) is 10.2. The zero-order valence-electron chi connectivity index (χ0n) is 8.66. The normalized spacial score (nSPS) is 10.1. The van der Waals surface area contributed by atoms with Gasteiger partial charge in [0.05, 0.1) is 0 Å². The van der Waals surface area contributed by atoms with Gasteiger partial charge in [-0.2, -0.15) is 0 Å². The average Bonchev–Trinajstić information content (AvgIpc) is 2.20. The molecule has 0 saturated heterocycles. The fourth-order valence-electron chi connectivity index (χ4n) is 1.29. The maximum atomic E-state index is 8.59. The summed E-state index contributed by atoms with van der Waals surface area (Å²) in [5.41, 5.74) is 1.18. The first-order valence-electron chi connectivity index (χ1n) is 5.11. The van der Waals surface area contributed by atoms with E-state index in [2.05, 4.69) is 10.3 Å². The van der Waals surface area contributed by atoms with Crippen molar-refractivity contribution >= 4 is 5.82 Å². The highest BCUT2D eigenvalue weighted by Gasteiger charge is 1.96. The minimum absolute atomic E-state index is 0.294. The molecule has 1 rings (SSSR count). The fraction of sp³-hybridized carbons (Fsp3) is 0.545. The van der Waals surface area contributed by atoms with Gasteiger partial charge in [0.1, 0.15) is 5.82 Å². The Morgan fingerprint density at radius 3 is 2.93 bits per heavy atom. The van der Waals surface area contributed by atoms with Crippen LogP contribution >= 0.6 is 0 Å². The number of pyridine rings is 1. The number of hydrogen-bond acceptors (Lipinski definition) is 3. The molecule has 1 heterocycles. The van der Waals surface area contributed by atoms with E-state index in [1.165, 1.54) is 5.56 Å². The Kier molecular flexibility index (Phi) is 5.00. The van der Waals surface area contributed by atoms with Gasteiger partial charge in [-0.1, -0.05) is 6.07 Å². The molecule has 0 spiro atoms. The monoisotopic (exact) mass is 194 g/mol. The number of aromatic nitrogens is 1. The van der Waals surface area contributed by atoms with Crippen LogP contribution in [0.15, 0.2) is 18.3 Å². The summed E-state index contributed by atoms with van der Waals surface area (Å²) in [7, 11) is 0. The highest BCUT2D eigenvalue weighted by atomic mass is 16.2. The zero-order valence-corrected chi connectivity index (χ0v) is 8.66. The van der Waals surface area contributed by atoms with Gasteiger partial charge in [-0.25, -0.2) is 4.98 Å². The fourth-order valence-corrected chi connectivity index (χ4v) is 1.29. The van der Waals surface area contributed by atoms with E-state index in [0.29, 0.717) is 6.61 Å². The van der Waals surface area contributed by atoms with Crippen molar-refractivity contribution in [3.63, 3.8) is 0 Å². The number of aliphatic hydroxyl groups excluding tert-OH is 1. The molecule has 1 aromatic heterocycles.